The van der Waals surface area contributed by atoms with Crippen molar-refractivity contribution < 1.29 is 9.59 Å². The Kier molecular flexibility index (Phi) is 5.81. The van der Waals surface area contributed by atoms with Crippen LogP contribution in [-0.2, 0) is 0 Å². The highest BCUT2D eigenvalue weighted by Crippen LogP contribution is 2.24. The Balaban J connectivity index is 1.47. The number of fused-ring (bicyclic) bond motifs is 1. The van der Waals surface area contributed by atoms with E-state index >= 15 is 0 Å². The molecule has 0 bridgehead atoms. The minimum Gasteiger partial charge on any atom is -0.322 e. The van der Waals surface area contributed by atoms with Crippen molar-refractivity contribution in [2.75, 3.05) is 10.6 Å². The van der Waals surface area contributed by atoms with E-state index in [4.69, 9.17) is 0 Å². The highest BCUT2D eigenvalue weighted by molar-refractivity contribution is 14.1. The largest absolute Gasteiger partial charge is 0.322 e. The van der Waals surface area contributed by atoms with Gasteiger partial charge >= 0.3 is 0 Å². The van der Waals surface area contributed by atoms with Crippen LogP contribution in [0.2, 0.25) is 0 Å². The SMILES string of the molecule is Cc1ccc(C(=O)Nc2ccc(NC(=O)c3ccc(I)cc3)cc2)c2ccccc12. The highest BCUT2D eigenvalue weighted by Gasteiger charge is 2.12. The van der Waals surface area contributed by atoms with Gasteiger partial charge in [-0.1, -0.05) is 30.3 Å². The fourth-order valence-corrected chi connectivity index (χ4v) is 3.65. The predicted octanol–water partition coefficient (Wildman–Crippen LogP) is 6.26. The predicted molar refractivity (Wildman–Crippen MR) is 130 cm³/mol. The molecule has 0 aliphatic carbocycles. The van der Waals surface area contributed by atoms with Crippen LogP contribution in [0.5, 0.6) is 0 Å². The van der Waals surface area contributed by atoms with Crippen molar-refractivity contribution in [2.24, 2.45) is 0 Å². The van der Waals surface area contributed by atoms with Crippen LogP contribution in [0.1, 0.15) is 26.3 Å². The van der Waals surface area contributed by atoms with E-state index in [0.717, 1.165) is 19.9 Å². The lowest BCUT2D eigenvalue weighted by atomic mass is 10.00. The first-order valence-corrected chi connectivity index (χ1v) is 10.6. The van der Waals surface area contributed by atoms with Crippen LogP contribution < -0.4 is 10.6 Å². The summed E-state index contributed by atoms with van der Waals surface area (Å²) >= 11 is 2.20. The quantitative estimate of drug-likeness (QED) is 0.321. The van der Waals surface area contributed by atoms with E-state index in [9.17, 15) is 9.59 Å². The minimum absolute atomic E-state index is 0.165. The molecule has 0 radical (unpaired) electrons. The second kappa shape index (κ2) is 8.67. The summed E-state index contributed by atoms with van der Waals surface area (Å²) in [5, 5.41) is 7.80. The van der Waals surface area contributed by atoms with E-state index in [1.165, 1.54) is 0 Å². The summed E-state index contributed by atoms with van der Waals surface area (Å²) < 4.78 is 1.07. The fraction of sp³-hybridized carbons (Fsp3) is 0.0400. The monoisotopic (exact) mass is 506 g/mol. The lowest BCUT2D eigenvalue weighted by molar-refractivity contribution is 0.101. The van der Waals surface area contributed by atoms with Gasteiger partial charge < -0.3 is 10.6 Å². The summed E-state index contributed by atoms with van der Waals surface area (Å²) in [6.07, 6.45) is 0. The maximum Gasteiger partial charge on any atom is 0.256 e. The number of amides is 2. The van der Waals surface area contributed by atoms with Crippen molar-refractivity contribution >= 4 is 56.6 Å². The van der Waals surface area contributed by atoms with Gasteiger partial charge in [0, 0.05) is 26.1 Å². The molecule has 148 valence electrons. The third-order valence-corrected chi connectivity index (χ3v) is 5.61. The van der Waals surface area contributed by atoms with Crippen LogP contribution in [0.3, 0.4) is 0 Å². The topological polar surface area (TPSA) is 58.2 Å². The standard InChI is InChI=1S/C25H19IN2O2/c1-16-6-15-23(22-5-3-2-4-21(16)22)25(30)28-20-13-11-19(12-14-20)27-24(29)17-7-9-18(26)10-8-17/h2-15H,1H3,(H,27,29)(H,28,30). The van der Waals surface area contributed by atoms with Gasteiger partial charge in [0.1, 0.15) is 0 Å². The van der Waals surface area contributed by atoms with Gasteiger partial charge in [-0.2, -0.15) is 0 Å². The molecular formula is C25H19IN2O2. The molecule has 0 aliphatic rings. The molecule has 30 heavy (non-hydrogen) atoms. The molecule has 0 saturated carbocycles. The highest BCUT2D eigenvalue weighted by atomic mass is 127. The van der Waals surface area contributed by atoms with Crippen LogP contribution >= 0.6 is 22.6 Å². The molecular weight excluding hydrogens is 487 g/mol. The van der Waals surface area contributed by atoms with E-state index in [1.54, 1.807) is 36.4 Å². The second-order valence-corrected chi connectivity index (χ2v) is 8.21. The number of carbonyl (C=O) groups excluding carboxylic acids is 2. The molecule has 2 amide bonds. The number of benzene rings is 4. The van der Waals surface area contributed by atoms with Crippen molar-refractivity contribution in [1.29, 1.82) is 0 Å². The number of aryl methyl sites for hydroxylation is 1. The molecule has 4 aromatic carbocycles. The molecule has 2 N–H and O–H groups in total. The molecule has 0 spiro atoms. The Bertz CT molecular complexity index is 1230. The summed E-state index contributed by atoms with van der Waals surface area (Å²) in [7, 11) is 0. The molecule has 0 heterocycles. The minimum atomic E-state index is -0.172. The van der Waals surface area contributed by atoms with Gasteiger partial charge in [0.05, 0.1) is 0 Å². The van der Waals surface area contributed by atoms with E-state index in [2.05, 4.69) is 33.2 Å². The van der Waals surface area contributed by atoms with Crippen molar-refractivity contribution in [3.8, 4) is 0 Å². The number of anilines is 2. The number of nitrogens with one attached hydrogen (secondary N) is 2. The normalized spacial score (nSPS) is 10.6. The van der Waals surface area contributed by atoms with Gasteiger partial charge in [0.2, 0.25) is 0 Å². The zero-order chi connectivity index (χ0) is 21.1. The molecule has 4 nitrogen and oxygen atoms in total. The van der Waals surface area contributed by atoms with Crippen LogP contribution in [0.4, 0.5) is 11.4 Å². The van der Waals surface area contributed by atoms with Crippen LogP contribution in [-0.4, -0.2) is 11.8 Å². The molecule has 0 unspecified atom stereocenters. The second-order valence-electron chi connectivity index (χ2n) is 6.97. The molecule has 4 rings (SSSR count). The molecule has 0 aromatic heterocycles. The number of halogens is 1. The first-order chi connectivity index (χ1) is 14.5. The number of hydrogen-bond acceptors (Lipinski definition) is 2. The Hall–Kier alpha value is -3.19. The third kappa shape index (κ3) is 4.36. The van der Waals surface area contributed by atoms with E-state index in [0.29, 0.717) is 22.5 Å². The van der Waals surface area contributed by atoms with Crippen molar-refractivity contribution in [1.82, 2.24) is 0 Å². The lowest BCUT2D eigenvalue weighted by Gasteiger charge is -2.11. The van der Waals surface area contributed by atoms with Gasteiger partial charge in [-0.25, -0.2) is 0 Å². The van der Waals surface area contributed by atoms with E-state index < -0.39 is 0 Å². The van der Waals surface area contributed by atoms with Crippen LogP contribution in [0.25, 0.3) is 10.8 Å². The van der Waals surface area contributed by atoms with Crippen LogP contribution in [0, 0.1) is 10.5 Å². The van der Waals surface area contributed by atoms with E-state index in [-0.39, 0.29) is 11.8 Å². The number of carbonyl (C=O) groups is 2. The van der Waals surface area contributed by atoms with Crippen LogP contribution in [0.15, 0.2) is 84.9 Å². The molecule has 5 heteroatoms. The molecule has 0 saturated heterocycles. The average molecular weight is 506 g/mol. The van der Waals surface area contributed by atoms with Gasteiger partial charge in [-0.15, -0.1) is 0 Å². The summed E-state index contributed by atoms with van der Waals surface area (Å²) in [4.78, 5) is 25.2. The van der Waals surface area contributed by atoms with Gasteiger partial charge in [0.15, 0.2) is 0 Å². The number of hydrogen-bond donors (Lipinski definition) is 2. The zero-order valence-corrected chi connectivity index (χ0v) is 18.4. The van der Waals surface area contributed by atoms with Crippen molar-refractivity contribution in [2.45, 2.75) is 6.92 Å². The molecule has 0 atom stereocenters. The Morgan fingerprint density at radius 2 is 1.23 bits per heavy atom. The summed E-state index contributed by atoms with van der Waals surface area (Å²) in [5.41, 5.74) is 3.69. The third-order valence-electron chi connectivity index (χ3n) is 4.89. The summed E-state index contributed by atoms with van der Waals surface area (Å²) in [5.74, 6) is -0.337. The average Bonchev–Trinajstić information content (AvgIpc) is 2.76. The van der Waals surface area contributed by atoms with Crippen molar-refractivity contribution in [3.05, 3.63) is 105 Å². The zero-order valence-electron chi connectivity index (χ0n) is 16.3. The molecule has 0 fully saturated rings. The Labute approximate surface area is 188 Å². The smallest absolute Gasteiger partial charge is 0.256 e. The number of rotatable bonds is 4. The van der Waals surface area contributed by atoms with E-state index in [1.807, 2.05) is 55.5 Å². The van der Waals surface area contributed by atoms with Gasteiger partial charge in [-0.3, -0.25) is 9.59 Å². The molecule has 0 aliphatic heterocycles. The summed E-state index contributed by atoms with van der Waals surface area (Å²) in [6, 6.07) is 26.2. The van der Waals surface area contributed by atoms with Gasteiger partial charge in [-0.05, 0) is 100 Å². The van der Waals surface area contributed by atoms with Gasteiger partial charge in [0.25, 0.3) is 11.8 Å². The maximum absolute atomic E-state index is 12.8. The Morgan fingerprint density at radius 1 is 0.667 bits per heavy atom. The lowest BCUT2D eigenvalue weighted by Crippen LogP contribution is -2.13. The summed E-state index contributed by atoms with van der Waals surface area (Å²) in [6.45, 7) is 2.03. The van der Waals surface area contributed by atoms with Crippen molar-refractivity contribution in [3.63, 3.8) is 0 Å². The first-order valence-electron chi connectivity index (χ1n) is 9.48. The first kappa shape index (κ1) is 20.1. The fourth-order valence-electron chi connectivity index (χ4n) is 3.29. The maximum atomic E-state index is 12.8. The molecule has 4 aromatic rings. The Morgan fingerprint density at radius 3 is 1.87 bits per heavy atom.